The Morgan fingerprint density at radius 2 is 2.22 bits per heavy atom. The van der Waals surface area contributed by atoms with Crippen molar-refractivity contribution in [3.05, 3.63) is 23.8 Å². The quantitative estimate of drug-likeness (QED) is 0.760. The van der Waals surface area contributed by atoms with Crippen molar-refractivity contribution in [1.29, 1.82) is 0 Å². The number of aromatic carboxylic acids is 1. The molecule has 3 N–H and O–H groups in total. The largest absolute Gasteiger partial charge is 0.478 e. The lowest BCUT2D eigenvalue weighted by Crippen LogP contribution is -2.28. The van der Waals surface area contributed by atoms with Gasteiger partial charge in [0.15, 0.2) is 0 Å². The van der Waals surface area contributed by atoms with Crippen LogP contribution in [0.25, 0.3) is 0 Å². The van der Waals surface area contributed by atoms with Crippen LogP contribution >= 0.6 is 0 Å². The van der Waals surface area contributed by atoms with Crippen molar-refractivity contribution >= 4 is 17.3 Å². The van der Waals surface area contributed by atoms with E-state index in [0.717, 1.165) is 37.9 Å². The number of hydrogen-bond donors (Lipinski definition) is 2. The predicted molar refractivity (Wildman–Crippen MR) is 73.1 cm³/mol. The van der Waals surface area contributed by atoms with Gasteiger partial charge in [0, 0.05) is 18.3 Å². The molecule has 98 valence electrons. The molecule has 1 saturated carbocycles. The molecule has 0 heterocycles. The summed E-state index contributed by atoms with van der Waals surface area (Å²) in [6.45, 7) is 3.07. The summed E-state index contributed by atoms with van der Waals surface area (Å²) < 4.78 is 0. The summed E-state index contributed by atoms with van der Waals surface area (Å²) in [6.07, 6.45) is 4.51. The van der Waals surface area contributed by atoms with Crippen molar-refractivity contribution in [2.24, 2.45) is 0 Å². The summed E-state index contributed by atoms with van der Waals surface area (Å²) in [5.74, 6) is -0.903. The van der Waals surface area contributed by atoms with Gasteiger partial charge < -0.3 is 15.7 Å². The molecule has 0 amide bonds. The number of rotatable bonds is 6. The van der Waals surface area contributed by atoms with E-state index in [1.807, 2.05) is 6.07 Å². The van der Waals surface area contributed by atoms with Crippen LogP contribution < -0.4 is 10.6 Å². The molecule has 1 aromatic rings. The Kier molecular flexibility index (Phi) is 3.75. The average molecular weight is 248 g/mol. The number of nitrogen functional groups attached to an aromatic ring is 1. The lowest BCUT2D eigenvalue weighted by atomic mass is 10.1. The first-order chi connectivity index (χ1) is 8.63. The Bertz CT molecular complexity index is 441. The number of unbranched alkanes of at least 4 members (excludes halogenated alkanes) is 1. The van der Waals surface area contributed by atoms with E-state index < -0.39 is 5.97 Å². The van der Waals surface area contributed by atoms with Crippen LogP contribution in [0.15, 0.2) is 18.2 Å². The number of carbonyl (C=O) groups is 1. The third-order valence-corrected chi connectivity index (χ3v) is 3.30. The van der Waals surface area contributed by atoms with Gasteiger partial charge in [0.1, 0.15) is 0 Å². The molecule has 0 bridgehead atoms. The average Bonchev–Trinajstić information content (AvgIpc) is 3.15. The zero-order valence-corrected chi connectivity index (χ0v) is 10.7. The molecule has 1 aliphatic carbocycles. The molecule has 4 heteroatoms. The Morgan fingerprint density at radius 3 is 2.78 bits per heavy atom. The number of hydrogen-bond acceptors (Lipinski definition) is 3. The van der Waals surface area contributed by atoms with Gasteiger partial charge in [-0.15, -0.1) is 0 Å². The van der Waals surface area contributed by atoms with E-state index in [-0.39, 0.29) is 0 Å². The Labute approximate surface area is 107 Å². The second-order valence-corrected chi connectivity index (χ2v) is 4.86. The fraction of sp³-hybridized carbons (Fsp3) is 0.500. The number of nitrogens with zero attached hydrogens (tertiary/aromatic N) is 1. The van der Waals surface area contributed by atoms with Gasteiger partial charge in [-0.05, 0) is 37.5 Å². The first-order valence-corrected chi connectivity index (χ1v) is 6.53. The molecular formula is C14H20N2O2. The van der Waals surface area contributed by atoms with Crippen molar-refractivity contribution in [1.82, 2.24) is 0 Å². The van der Waals surface area contributed by atoms with Gasteiger partial charge in [-0.3, -0.25) is 0 Å². The van der Waals surface area contributed by atoms with Crippen LogP contribution in [0.2, 0.25) is 0 Å². The smallest absolute Gasteiger partial charge is 0.337 e. The molecule has 1 aromatic carbocycles. The van der Waals surface area contributed by atoms with Crippen LogP contribution in [0.3, 0.4) is 0 Å². The number of anilines is 2. The SMILES string of the molecule is CCCCN(c1ccc(N)cc1C(=O)O)C1CC1. The van der Waals surface area contributed by atoms with E-state index in [1.54, 1.807) is 12.1 Å². The minimum absolute atomic E-state index is 0.318. The molecule has 0 saturated heterocycles. The Hall–Kier alpha value is -1.71. The third-order valence-electron chi connectivity index (χ3n) is 3.30. The monoisotopic (exact) mass is 248 g/mol. The molecule has 1 fully saturated rings. The highest BCUT2D eigenvalue weighted by molar-refractivity contribution is 5.95. The van der Waals surface area contributed by atoms with Crippen molar-refractivity contribution < 1.29 is 9.90 Å². The van der Waals surface area contributed by atoms with E-state index in [1.165, 1.54) is 0 Å². The standard InChI is InChI=1S/C14H20N2O2/c1-2-3-8-16(11-5-6-11)13-7-4-10(15)9-12(13)14(17)18/h4,7,9,11H,2-3,5-6,8,15H2,1H3,(H,17,18). The highest BCUT2D eigenvalue weighted by atomic mass is 16.4. The van der Waals surface area contributed by atoms with Gasteiger partial charge in [-0.25, -0.2) is 4.79 Å². The maximum absolute atomic E-state index is 11.3. The normalized spacial score (nSPS) is 14.5. The zero-order chi connectivity index (χ0) is 13.1. The first kappa shape index (κ1) is 12.7. The molecule has 0 unspecified atom stereocenters. The summed E-state index contributed by atoms with van der Waals surface area (Å²) in [6, 6.07) is 5.69. The van der Waals surface area contributed by atoms with E-state index in [9.17, 15) is 9.90 Å². The second kappa shape index (κ2) is 5.29. The molecule has 0 radical (unpaired) electrons. The zero-order valence-electron chi connectivity index (χ0n) is 10.7. The number of nitrogens with two attached hydrogens (primary N) is 1. The van der Waals surface area contributed by atoms with E-state index in [4.69, 9.17) is 5.73 Å². The van der Waals surface area contributed by atoms with E-state index >= 15 is 0 Å². The minimum Gasteiger partial charge on any atom is -0.478 e. The maximum Gasteiger partial charge on any atom is 0.337 e. The summed E-state index contributed by atoms with van der Waals surface area (Å²) in [4.78, 5) is 13.5. The van der Waals surface area contributed by atoms with Gasteiger partial charge in [-0.2, -0.15) is 0 Å². The highest BCUT2D eigenvalue weighted by Crippen LogP contribution is 2.34. The van der Waals surface area contributed by atoms with Crippen LogP contribution in [0.4, 0.5) is 11.4 Å². The number of carboxylic acids is 1. The predicted octanol–water partition coefficient (Wildman–Crippen LogP) is 2.74. The van der Waals surface area contributed by atoms with Gasteiger partial charge in [0.25, 0.3) is 0 Å². The molecule has 2 rings (SSSR count). The molecule has 0 aromatic heterocycles. The first-order valence-electron chi connectivity index (χ1n) is 6.53. The van der Waals surface area contributed by atoms with Crippen LogP contribution in [0.1, 0.15) is 43.0 Å². The Morgan fingerprint density at radius 1 is 1.50 bits per heavy atom. The highest BCUT2D eigenvalue weighted by Gasteiger charge is 2.30. The van der Waals surface area contributed by atoms with Gasteiger partial charge in [-0.1, -0.05) is 13.3 Å². The lowest BCUT2D eigenvalue weighted by molar-refractivity contribution is 0.0697. The minimum atomic E-state index is -0.903. The summed E-state index contributed by atoms with van der Waals surface area (Å²) in [7, 11) is 0. The van der Waals surface area contributed by atoms with Crippen molar-refractivity contribution in [3.8, 4) is 0 Å². The Balaban J connectivity index is 2.30. The number of carboxylic acid groups (broad SMARTS) is 1. The molecule has 0 spiro atoms. The lowest BCUT2D eigenvalue weighted by Gasteiger charge is -2.26. The molecule has 4 nitrogen and oxygen atoms in total. The van der Waals surface area contributed by atoms with Crippen LogP contribution in [0, 0.1) is 0 Å². The summed E-state index contributed by atoms with van der Waals surface area (Å²) >= 11 is 0. The van der Waals surface area contributed by atoms with Crippen molar-refractivity contribution in [2.75, 3.05) is 17.2 Å². The molecular weight excluding hydrogens is 228 g/mol. The van der Waals surface area contributed by atoms with Gasteiger partial charge >= 0.3 is 5.97 Å². The fourth-order valence-electron chi connectivity index (χ4n) is 2.19. The fourth-order valence-corrected chi connectivity index (χ4v) is 2.19. The third kappa shape index (κ3) is 2.75. The number of benzene rings is 1. The van der Waals surface area contributed by atoms with Gasteiger partial charge in [0.2, 0.25) is 0 Å². The summed E-state index contributed by atoms with van der Waals surface area (Å²) in [5, 5.41) is 9.28. The van der Waals surface area contributed by atoms with Crippen molar-refractivity contribution in [2.45, 2.75) is 38.6 Å². The molecule has 1 aliphatic rings. The molecule has 18 heavy (non-hydrogen) atoms. The van der Waals surface area contributed by atoms with E-state index in [0.29, 0.717) is 17.3 Å². The van der Waals surface area contributed by atoms with Crippen molar-refractivity contribution in [3.63, 3.8) is 0 Å². The van der Waals surface area contributed by atoms with Gasteiger partial charge in [0.05, 0.1) is 11.3 Å². The van der Waals surface area contributed by atoms with Crippen LogP contribution in [-0.2, 0) is 0 Å². The van der Waals surface area contributed by atoms with Crippen LogP contribution in [0.5, 0.6) is 0 Å². The second-order valence-electron chi connectivity index (χ2n) is 4.86. The summed E-state index contributed by atoms with van der Waals surface area (Å²) in [5.41, 5.74) is 7.31. The maximum atomic E-state index is 11.3. The van der Waals surface area contributed by atoms with E-state index in [2.05, 4.69) is 11.8 Å². The topological polar surface area (TPSA) is 66.6 Å². The van der Waals surface area contributed by atoms with Crippen LogP contribution in [-0.4, -0.2) is 23.7 Å². The molecule has 0 atom stereocenters. The molecule has 0 aliphatic heterocycles.